The van der Waals surface area contributed by atoms with Gasteiger partial charge in [-0.25, -0.2) is 4.79 Å². The van der Waals surface area contributed by atoms with Crippen molar-refractivity contribution >= 4 is 18.1 Å². The summed E-state index contributed by atoms with van der Waals surface area (Å²) >= 11 is 0. The summed E-state index contributed by atoms with van der Waals surface area (Å²) in [5.41, 5.74) is 0.841. The normalized spacial score (nSPS) is 10.0. The maximum absolute atomic E-state index is 10.8. The van der Waals surface area contributed by atoms with E-state index in [-0.39, 0.29) is 0 Å². The highest BCUT2D eigenvalue weighted by molar-refractivity contribution is 6.00. The average Bonchev–Trinajstić information content (AvgIpc) is 2.15. The Labute approximate surface area is 80.9 Å². The van der Waals surface area contributed by atoms with E-state index in [1.165, 1.54) is 12.2 Å². The molecule has 0 saturated carbocycles. The first-order valence-electron chi connectivity index (χ1n) is 3.95. The van der Waals surface area contributed by atoms with Crippen molar-refractivity contribution in [3.05, 3.63) is 42.0 Å². The number of imide groups is 1. The molecule has 4 nitrogen and oxygen atoms in total. The first kappa shape index (κ1) is 9.98. The van der Waals surface area contributed by atoms with Crippen molar-refractivity contribution in [3.63, 3.8) is 0 Å². The van der Waals surface area contributed by atoms with E-state index in [1.807, 2.05) is 30.3 Å². The fourth-order valence-electron chi connectivity index (χ4n) is 0.883. The minimum absolute atomic E-state index is 0.652. The highest BCUT2D eigenvalue weighted by Crippen LogP contribution is 2.00. The summed E-state index contributed by atoms with van der Waals surface area (Å²) in [6.45, 7) is 0. The third-order valence-electron chi connectivity index (χ3n) is 1.46. The molecule has 1 aromatic carbocycles. The maximum atomic E-state index is 10.8. The third-order valence-corrected chi connectivity index (χ3v) is 1.46. The van der Waals surface area contributed by atoms with Gasteiger partial charge in [0, 0.05) is 6.08 Å². The van der Waals surface area contributed by atoms with Crippen LogP contribution in [0, 0.1) is 0 Å². The lowest BCUT2D eigenvalue weighted by atomic mass is 10.2. The second-order valence-electron chi connectivity index (χ2n) is 2.54. The van der Waals surface area contributed by atoms with Gasteiger partial charge in [0.25, 0.3) is 5.91 Å². The van der Waals surface area contributed by atoms with Crippen molar-refractivity contribution in [1.29, 1.82) is 0 Å². The Morgan fingerprint density at radius 1 is 1.21 bits per heavy atom. The quantitative estimate of drug-likeness (QED) is 0.696. The highest BCUT2D eigenvalue weighted by Gasteiger charge is 1.99. The predicted octanol–water partition coefficient (Wildman–Crippen LogP) is 1.49. The van der Waals surface area contributed by atoms with E-state index in [1.54, 1.807) is 5.32 Å². The molecule has 4 heteroatoms. The van der Waals surface area contributed by atoms with Crippen LogP contribution in [0.5, 0.6) is 0 Å². The first-order valence-corrected chi connectivity index (χ1v) is 3.95. The molecule has 0 heterocycles. The van der Waals surface area contributed by atoms with Gasteiger partial charge in [-0.3, -0.25) is 10.1 Å². The van der Waals surface area contributed by atoms with Gasteiger partial charge < -0.3 is 5.11 Å². The fraction of sp³-hybridized carbons (Fsp3) is 0. The molecule has 0 saturated heterocycles. The molecule has 0 aliphatic heterocycles. The molecule has 1 rings (SSSR count). The van der Waals surface area contributed by atoms with Gasteiger partial charge in [-0.15, -0.1) is 0 Å². The van der Waals surface area contributed by atoms with Crippen LogP contribution >= 0.6 is 0 Å². The predicted molar refractivity (Wildman–Crippen MR) is 51.6 cm³/mol. The van der Waals surface area contributed by atoms with Gasteiger partial charge in [0.15, 0.2) is 0 Å². The molecule has 72 valence electrons. The fourth-order valence-corrected chi connectivity index (χ4v) is 0.883. The lowest BCUT2D eigenvalue weighted by molar-refractivity contribution is -0.115. The Morgan fingerprint density at radius 3 is 2.43 bits per heavy atom. The molecule has 0 aliphatic rings. The van der Waals surface area contributed by atoms with E-state index in [2.05, 4.69) is 0 Å². The lowest BCUT2D eigenvalue weighted by Crippen LogP contribution is -2.26. The minimum Gasteiger partial charge on any atom is -0.465 e. The number of amides is 2. The zero-order valence-corrected chi connectivity index (χ0v) is 7.31. The topological polar surface area (TPSA) is 66.4 Å². The molecule has 0 bridgehead atoms. The van der Waals surface area contributed by atoms with Gasteiger partial charge >= 0.3 is 6.09 Å². The molecule has 0 aliphatic carbocycles. The van der Waals surface area contributed by atoms with Crippen molar-refractivity contribution in [1.82, 2.24) is 5.32 Å². The second-order valence-corrected chi connectivity index (χ2v) is 2.54. The summed E-state index contributed by atoms with van der Waals surface area (Å²) in [6, 6.07) is 9.13. The molecular formula is C10H9NO3. The van der Waals surface area contributed by atoms with Gasteiger partial charge in [-0.05, 0) is 11.6 Å². The summed E-state index contributed by atoms with van der Waals surface area (Å²) in [6.07, 6.45) is 1.36. The van der Waals surface area contributed by atoms with E-state index in [0.29, 0.717) is 0 Å². The standard InChI is InChI=1S/C10H9NO3/c12-9(11-10(13)14)7-6-8-4-2-1-3-5-8/h1-7H,(H,11,12)(H,13,14)/b7-6+. The first-order chi connectivity index (χ1) is 6.68. The van der Waals surface area contributed by atoms with Crippen LogP contribution in [0.25, 0.3) is 6.08 Å². The SMILES string of the molecule is O=C(O)NC(=O)/C=C/c1ccccc1. The van der Waals surface area contributed by atoms with Crippen molar-refractivity contribution in [2.24, 2.45) is 0 Å². The van der Waals surface area contributed by atoms with Gasteiger partial charge in [0.1, 0.15) is 0 Å². The molecule has 2 N–H and O–H groups in total. The number of rotatable bonds is 2. The van der Waals surface area contributed by atoms with Crippen molar-refractivity contribution in [2.75, 3.05) is 0 Å². The van der Waals surface area contributed by atoms with Gasteiger partial charge in [-0.1, -0.05) is 30.3 Å². The van der Waals surface area contributed by atoms with Gasteiger partial charge in [0.05, 0.1) is 0 Å². The third kappa shape index (κ3) is 3.53. The Kier molecular flexibility index (Phi) is 3.43. The summed E-state index contributed by atoms with van der Waals surface area (Å²) in [5, 5.41) is 9.92. The Hall–Kier alpha value is -2.10. The molecule has 0 unspecified atom stereocenters. The number of carbonyl (C=O) groups is 2. The van der Waals surface area contributed by atoms with Crippen LogP contribution in [0.2, 0.25) is 0 Å². The lowest BCUT2D eigenvalue weighted by Gasteiger charge is -1.93. The summed E-state index contributed by atoms with van der Waals surface area (Å²) < 4.78 is 0. The van der Waals surface area contributed by atoms with Gasteiger partial charge in [-0.2, -0.15) is 0 Å². The van der Waals surface area contributed by atoms with E-state index < -0.39 is 12.0 Å². The number of hydrogen-bond donors (Lipinski definition) is 2. The highest BCUT2D eigenvalue weighted by atomic mass is 16.4. The second kappa shape index (κ2) is 4.81. The van der Waals surface area contributed by atoms with E-state index in [9.17, 15) is 9.59 Å². The average molecular weight is 191 g/mol. The van der Waals surface area contributed by atoms with Crippen LogP contribution in [-0.4, -0.2) is 17.1 Å². The van der Waals surface area contributed by atoms with E-state index >= 15 is 0 Å². The molecule has 0 spiro atoms. The largest absolute Gasteiger partial charge is 0.465 e. The molecule has 2 amide bonds. The number of benzene rings is 1. The molecule has 0 atom stereocenters. The van der Waals surface area contributed by atoms with Crippen molar-refractivity contribution < 1.29 is 14.7 Å². The monoisotopic (exact) mass is 191 g/mol. The van der Waals surface area contributed by atoms with E-state index in [4.69, 9.17) is 5.11 Å². The Morgan fingerprint density at radius 2 is 1.86 bits per heavy atom. The molecule has 0 fully saturated rings. The molecule has 0 radical (unpaired) electrons. The number of hydrogen-bond acceptors (Lipinski definition) is 2. The molecule has 1 aromatic rings. The molecule has 14 heavy (non-hydrogen) atoms. The Bertz CT molecular complexity index is 357. The van der Waals surface area contributed by atoms with Crippen molar-refractivity contribution in [3.8, 4) is 0 Å². The zero-order valence-electron chi connectivity index (χ0n) is 7.31. The summed E-state index contributed by atoms with van der Waals surface area (Å²) in [4.78, 5) is 20.9. The smallest absolute Gasteiger partial charge is 0.411 e. The van der Waals surface area contributed by atoms with Crippen LogP contribution in [0.4, 0.5) is 4.79 Å². The number of nitrogens with one attached hydrogen (secondary N) is 1. The maximum Gasteiger partial charge on any atom is 0.411 e. The number of carboxylic acid groups (broad SMARTS) is 1. The molecular weight excluding hydrogens is 182 g/mol. The van der Waals surface area contributed by atoms with E-state index in [0.717, 1.165) is 5.56 Å². The minimum atomic E-state index is -1.35. The van der Waals surface area contributed by atoms with Gasteiger partial charge in [0.2, 0.25) is 0 Å². The summed E-state index contributed by atoms with van der Waals surface area (Å²) in [7, 11) is 0. The van der Waals surface area contributed by atoms with Crippen LogP contribution in [0.3, 0.4) is 0 Å². The molecule has 0 aromatic heterocycles. The van der Waals surface area contributed by atoms with Crippen molar-refractivity contribution in [2.45, 2.75) is 0 Å². The van der Waals surface area contributed by atoms with Crippen LogP contribution in [-0.2, 0) is 4.79 Å². The van der Waals surface area contributed by atoms with Crippen LogP contribution in [0.15, 0.2) is 36.4 Å². The summed E-state index contributed by atoms with van der Waals surface area (Å²) in [5.74, 6) is -0.652. The zero-order chi connectivity index (χ0) is 10.4. The van der Waals surface area contributed by atoms with Crippen LogP contribution < -0.4 is 5.32 Å². The van der Waals surface area contributed by atoms with Crippen LogP contribution in [0.1, 0.15) is 5.56 Å². The Balaban J connectivity index is 2.56. The number of carbonyl (C=O) groups excluding carboxylic acids is 1.